The van der Waals surface area contributed by atoms with Gasteiger partial charge in [-0.25, -0.2) is 0 Å². The summed E-state index contributed by atoms with van der Waals surface area (Å²) >= 11 is 0. The summed E-state index contributed by atoms with van der Waals surface area (Å²) < 4.78 is 10.5. The van der Waals surface area contributed by atoms with Crippen LogP contribution in [0.15, 0.2) is 18.2 Å². The Hall–Kier alpha value is -1.51. The Morgan fingerprint density at radius 1 is 1.36 bits per heavy atom. The Balaban J connectivity index is 2.51. The van der Waals surface area contributed by atoms with Crippen LogP contribution in [0, 0.1) is 0 Å². The summed E-state index contributed by atoms with van der Waals surface area (Å²) in [5, 5.41) is 0. The predicted octanol–water partition coefficient (Wildman–Crippen LogP) is 2.05. The van der Waals surface area contributed by atoms with Gasteiger partial charge in [0.05, 0.1) is 12.7 Å². The monoisotopic (exact) mass is 192 g/mol. The minimum absolute atomic E-state index is 0.00593. The minimum atomic E-state index is -0.741. The molecule has 1 aliphatic heterocycles. The number of ketones is 1. The van der Waals surface area contributed by atoms with Crippen LogP contribution in [0.25, 0.3) is 0 Å². The number of fused-ring (bicyclic) bond motifs is 1. The smallest absolute Gasteiger partial charge is 0.209 e. The highest BCUT2D eigenvalue weighted by Gasteiger charge is 2.39. The first-order chi connectivity index (χ1) is 6.54. The second-order valence-electron chi connectivity index (χ2n) is 3.80. The van der Waals surface area contributed by atoms with Crippen LogP contribution >= 0.6 is 0 Å². The number of carbonyl (C=O) groups excluding carboxylic acids is 1. The van der Waals surface area contributed by atoms with E-state index in [-0.39, 0.29) is 5.78 Å². The van der Waals surface area contributed by atoms with Crippen LogP contribution in [0.4, 0.5) is 0 Å². The van der Waals surface area contributed by atoms with Crippen molar-refractivity contribution in [1.82, 2.24) is 0 Å². The van der Waals surface area contributed by atoms with E-state index in [4.69, 9.17) is 9.47 Å². The summed E-state index contributed by atoms with van der Waals surface area (Å²) in [4.78, 5) is 11.8. The molecule has 0 atom stereocenters. The lowest BCUT2D eigenvalue weighted by molar-refractivity contribution is 0.0684. The molecule has 0 aromatic heterocycles. The fourth-order valence-electron chi connectivity index (χ4n) is 1.55. The van der Waals surface area contributed by atoms with Gasteiger partial charge in [0.25, 0.3) is 0 Å². The Kier molecular flexibility index (Phi) is 1.77. The van der Waals surface area contributed by atoms with Gasteiger partial charge in [0.1, 0.15) is 11.5 Å². The van der Waals surface area contributed by atoms with Gasteiger partial charge in [-0.3, -0.25) is 4.79 Å². The number of hydrogen-bond acceptors (Lipinski definition) is 3. The van der Waals surface area contributed by atoms with E-state index in [0.29, 0.717) is 17.1 Å². The summed E-state index contributed by atoms with van der Waals surface area (Å²) in [5.74, 6) is 1.32. The molecular formula is C11H12O3. The van der Waals surface area contributed by atoms with Gasteiger partial charge in [-0.1, -0.05) is 0 Å². The Morgan fingerprint density at radius 2 is 2.07 bits per heavy atom. The molecule has 0 saturated carbocycles. The number of Topliss-reactive ketones (excluding diaryl/α,β-unsaturated/α-hetero) is 1. The van der Waals surface area contributed by atoms with Crippen molar-refractivity contribution in [2.24, 2.45) is 0 Å². The van der Waals surface area contributed by atoms with E-state index in [0.717, 1.165) is 0 Å². The summed E-state index contributed by atoms with van der Waals surface area (Å²) in [5.41, 5.74) is -0.135. The third kappa shape index (κ3) is 1.16. The highest BCUT2D eigenvalue weighted by atomic mass is 16.5. The highest BCUT2D eigenvalue weighted by molar-refractivity contribution is 6.07. The van der Waals surface area contributed by atoms with Crippen molar-refractivity contribution in [3.8, 4) is 11.5 Å². The second-order valence-corrected chi connectivity index (χ2v) is 3.80. The molecule has 2 rings (SSSR count). The van der Waals surface area contributed by atoms with Crippen molar-refractivity contribution in [2.45, 2.75) is 19.4 Å². The summed E-state index contributed by atoms with van der Waals surface area (Å²) in [7, 11) is 1.58. The average molecular weight is 192 g/mol. The van der Waals surface area contributed by atoms with E-state index in [1.54, 1.807) is 39.2 Å². The molecule has 1 aromatic rings. The second kappa shape index (κ2) is 2.74. The molecule has 1 aromatic carbocycles. The molecule has 0 aliphatic carbocycles. The van der Waals surface area contributed by atoms with Gasteiger partial charge in [-0.05, 0) is 32.0 Å². The minimum Gasteiger partial charge on any atom is -0.497 e. The maximum absolute atomic E-state index is 11.8. The van der Waals surface area contributed by atoms with Gasteiger partial charge in [0.15, 0.2) is 5.60 Å². The molecule has 0 spiro atoms. The molecule has 1 aliphatic rings. The largest absolute Gasteiger partial charge is 0.497 e. The molecule has 0 N–H and O–H groups in total. The maximum atomic E-state index is 11.8. The molecular weight excluding hydrogens is 180 g/mol. The molecule has 1 heterocycles. The lowest BCUT2D eigenvalue weighted by Gasteiger charge is -2.14. The maximum Gasteiger partial charge on any atom is 0.209 e. The van der Waals surface area contributed by atoms with Crippen molar-refractivity contribution in [3.63, 3.8) is 0 Å². The first kappa shape index (κ1) is 9.06. The van der Waals surface area contributed by atoms with Crippen LogP contribution in [0.3, 0.4) is 0 Å². The Morgan fingerprint density at radius 3 is 2.71 bits per heavy atom. The van der Waals surface area contributed by atoms with Crippen LogP contribution in [-0.4, -0.2) is 18.5 Å². The zero-order chi connectivity index (χ0) is 10.3. The quantitative estimate of drug-likeness (QED) is 0.683. The highest BCUT2D eigenvalue weighted by Crippen LogP contribution is 2.36. The predicted molar refractivity (Wildman–Crippen MR) is 52.0 cm³/mol. The fraction of sp³-hybridized carbons (Fsp3) is 0.364. The average Bonchev–Trinajstić information content (AvgIpc) is 2.38. The van der Waals surface area contributed by atoms with Crippen LogP contribution in [0.1, 0.15) is 24.2 Å². The van der Waals surface area contributed by atoms with E-state index in [9.17, 15) is 4.79 Å². The van der Waals surface area contributed by atoms with Crippen LogP contribution < -0.4 is 9.47 Å². The molecule has 0 radical (unpaired) electrons. The first-order valence-electron chi connectivity index (χ1n) is 4.46. The summed E-state index contributed by atoms with van der Waals surface area (Å²) in [6, 6.07) is 5.26. The number of hydrogen-bond donors (Lipinski definition) is 0. The zero-order valence-corrected chi connectivity index (χ0v) is 8.46. The van der Waals surface area contributed by atoms with Crippen molar-refractivity contribution in [1.29, 1.82) is 0 Å². The number of carbonyl (C=O) groups is 1. The molecule has 0 saturated heterocycles. The first-order valence-corrected chi connectivity index (χ1v) is 4.46. The lowest BCUT2D eigenvalue weighted by Crippen LogP contribution is -2.31. The molecule has 0 fully saturated rings. The van der Waals surface area contributed by atoms with E-state index >= 15 is 0 Å². The molecule has 3 nitrogen and oxygen atoms in total. The Bertz CT molecular complexity index is 394. The summed E-state index contributed by atoms with van der Waals surface area (Å²) in [6.45, 7) is 3.53. The van der Waals surface area contributed by atoms with Crippen LogP contribution in [-0.2, 0) is 0 Å². The van der Waals surface area contributed by atoms with Gasteiger partial charge < -0.3 is 9.47 Å². The molecule has 0 unspecified atom stereocenters. The van der Waals surface area contributed by atoms with Crippen LogP contribution in [0.2, 0.25) is 0 Å². The van der Waals surface area contributed by atoms with Crippen molar-refractivity contribution >= 4 is 5.78 Å². The third-order valence-electron chi connectivity index (χ3n) is 2.34. The normalized spacial score (nSPS) is 17.5. The third-order valence-corrected chi connectivity index (χ3v) is 2.34. The zero-order valence-electron chi connectivity index (χ0n) is 8.46. The van der Waals surface area contributed by atoms with Gasteiger partial charge in [-0.2, -0.15) is 0 Å². The number of rotatable bonds is 1. The number of benzene rings is 1. The number of ether oxygens (including phenoxy) is 2. The van der Waals surface area contributed by atoms with E-state index in [1.165, 1.54) is 0 Å². The van der Waals surface area contributed by atoms with E-state index in [1.807, 2.05) is 0 Å². The molecule has 0 amide bonds. The lowest BCUT2D eigenvalue weighted by atomic mass is 10.00. The van der Waals surface area contributed by atoms with Gasteiger partial charge in [0, 0.05) is 0 Å². The molecule has 3 heteroatoms. The van der Waals surface area contributed by atoms with Gasteiger partial charge >= 0.3 is 0 Å². The summed E-state index contributed by atoms with van der Waals surface area (Å²) in [6.07, 6.45) is 0. The number of methoxy groups -OCH3 is 1. The van der Waals surface area contributed by atoms with Crippen molar-refractivity contribution in [2.75, 3.05) is 7.11 Å². The molecule has 0 bridgehead atoms. The Labute approximate surface area is 82.6 Å². The van der Waals surface area contributed by atoms with Gasteiger partial charge in [0.2, 0.25) is 5.78 Å². The molecule has 74 valence electrons. The van der Waals surface area contributed by atoms with Crippen LogP contribution in [0.5, 0.6) is 11.5 Å². The van der Waals surface area contributed by atoms with Crippen molar-refractivity contribution < 1.29 is 14.3 Å². The standard InChI is InChI=1S/C11H12O3/c1-11(2)10(12)8-6-7(13-3)4-5-9(8)14-11/h4-6H,1-3H3. The van der Waals surface area contributed by atoms with E-state index < -0.39 is 5.60 Å². The SMILES string of the molecule is COc1ccc2c(c1)C(=O)C(C)(C)O2. The fourth-order valence-corrected chi connectivity index (χ4v) is 1.55. The van der Waals surface area contributed by atoms with Crippen molar-refractivity contribution in [3.05, 3.63) is 23.8 Å². The molecule has 14 heavy (non-hydrogen) atoms. The van der Waals surface area contributed by atoms with Gasteiger partial charge in [-0.15, -0.1) is 0 Å². The van der Waals surface area contributed by atoms with E-state index in [2.05, 4.69) is 0 Å². The topological polar surface area (TPSA) is 35.5 Å².